The minimum atomic E-state index is -0.0856. The van der Waals surface area contributed by atoms with Crippen LogP contribution in [-0.2, 0) is 0 Å². The van der Waals surface area contributed by atoms with Gasteiger partial charge < -0.3 is 20.7 Å². The van der Waals surface area contributed by atoms with E-state index in [1.54, 1.807) is 18.2 Å². The fourth-order valence-electron chi connectivity index (χ4n) is 2.28. The van der Waals surface area contributed by atoms with E-state index in [2.05, 4.69) is 24.1 Å². The average Bonchev–Trinajstić information content (AvgIpc) is 2.52. The Kier molecular flexibility index (Phi) is 8.36. The van der Waals surface area contributed by atoms with Crippen molar-refractivity contribution in [3.8, 4) is 5.75 Å². The lowest BCUT2D eigenvalue weighted by Gasteiger charge is -2.17. The zero-order valence-corrected chi connectivity index (χ0v) is 14.0. The molecule has 0 bridgehead atoms. The molecular weight excluding hydrogens is 278 g/mol. The molecule has 0 spiro atoms. The summed E-state index contributed by atoms with van der Waals surface area (Å²) in [7, 11) is 0. The van der Waals surface area contributed by atoms with Crippen molar-refractivity contribution in [2.45, 2.75) is 33.6 Å². The van der Waals surface area contributed by atoms with Crippen LogP contribution in [-0.4, -0.2) is 43.6 Å². The molecule has 0 heterocycles. The number of hydrogen-bond acceptors (Lipinski definition) is 4. The first-order valence-electron chi connectivity index (χ1n) is 8.15. The SMILES string of the molecule is CCOc1ccc(C(=O)NCCCCN(CC)CC)cc1N. The summed E-state index contributed by atoms with van der Waals surface area (Å²) in [4.78, 5) is 14.4. The van der Waals surface area contributed by atoms with Gasteiger partial charge in [-0.1, -0.05) is 13.8 Å². The smallest absolute Gasteiger partial charge is 0.251 e. The minimum Gasteiger partial charge on any atom is -0.492 e. The Balaban J connectivity index is 2.35. The summed E-state index contributed by atoms with van der Waals surface area (Å²) in [6.07, 6.45) is 2.07. The predicted molar refractivity (Wildman–Crippen MR) is 91.4 cm³/mol. The van der Waals surface area contributed by atoms with Gasteiger partial charge >= 0.3 is 0 Å². The number of nitrogen functional groups attached to an aromatic ring is 1. The Morgan fingerprint density at radius 2 is 1.95 bits per heavy atom. The molecule has 22 heavy (non-hydrogen) atoms. The second-order valence-electron chi connectivity index (χ2n) is 5.18. The van der Waals surface area contributed by atoms with Crippen molar-refractivity contribution in [2.24, 2.45) is 0 Å². The molecule has 0 unspecified atom stereocenters. The van der Waals surface area contributed by atoms with Crippen LogP contribution < -0.4 is 15.8 Å². The van der Waals surface area contributed by atoms with Crippen molar-refractivity contribution in [3.05, 3.63) is 23.8 Å². The number of benzene rings is 1. The highest BCUT2D eigenvalue weighted by Crippen LogP contribution is 2.22. The summed E-state index contributed by atoms with van der Waals surface area (Å²) in [5, 5.41) is 2.93. The lowest BCUT2D eigenvalue weighted by Crippen LogP contribution is -2.27. The largest absolute Gasteiger partial charge is 0.492 e. The molecule has 0 aromatic heterocycles. The van der Waals surface area contributed by atoms with Crippen LogP contribution in [0.1, 0.15) is 44.0 Å². The summed E-state index contributed by atoms with van der Waals surface area (Å²) in [5.74, 6) is 0.538. The molecular formula is C17H29N3O2. The van der Waals surface area contributed by atoms with Crippen molar-refractivity contribution >= 4 is 11.6 Å². The lowest BCUT2D eigenvalue weighted by molar-refractivity contribution is 0.0952. The van der Waals surface area contributed by atoms with E-state index < -0.39 is 0 Å². The van der Waals surface area contributed by atoms with E-state index in [-0.39, 0.29) is 5.91 Å². The number of carbonyl (C=O) groups is 1. The zero-order chi connectivity index (χ0) is 16.4. The molecule has 0 radical (unpaired) electrons. The second-order valence-corrected chi connectivity index (χ2v) is 5.18. The van der Waals surface area contributed by atoms with Crippen LogP contribution in [0, 0.1) is 0 Å². The Bertz CT molecular complexity index is 459. The molecule has 0 fully saturated rings. The molecule has 1 rings (SSSR count). The van der Waals surface area contributed by atoms with Crippen LogP contribution in [0.4, 0.5) is 5.69 Å². The zero-order valence-electron chi connectivity index (χ0n) is 14.0. The number of amides is 1. The topological polar surface area (TPSA) is 67.6 Å². The van der Waals surface area contributed by atoms with E-state index in [0.29, 0.717) is 30.2 Å². The predicted octanol–water partition coefficient (Wildman–Crippen LogP) is 2.52. The molecule has 0 atom stereocenters. The van der Waals surface area contributed by atoms with Crippen molar-refractivity contribution < 1.29 is 9.53 Å². The highest BCUT2D eigenvalue weighted by atomic mass is 16.5. The maximum Gasteiger partial charge on any atom is 0.251 e. The molecule has 3 N–H and O–H groups in total. The number of nitrogens with one attached hydrogen (secondary N) is 1. The first kappa shape index (κ1) is 18.3. The van der Waals surface area contributed by atoms with Gasteiger partial charge in [0, 0.05) is 12.1 Å². The van der Waals surface area contributed by atoms with Gasteiger partial charge in [-0.3, -0.25) is 4.79 Å². The number of anilines is 1. The van der Waals surface area contributed by atoms with Crippen LogP contribution in [0.3, 0.4) is 0 Å². The summed E-state index contributed by atoms with van der Waals surface area (Å²) in [6, 6.07) is 5.15. The highest BCUT2D eigenvalue weighted by Gasteiger charge is 2.08. The normalized spacial score (nSPS) is 10.7. The van der Waals surface area contributed by atoms with Crippen LogP contribution in [0.2, 0.25) is 0 Å². The Hall–Kier alpha value is -1.75. The van der Waals surface area contributed by atoms with E-state index in [0.717, 1.165) is 32.5 Å². The fraction of sp³-hybridized carbons (Fsp3) is 0.588. The van der Waals surface area contributed by atoms with Gasteiger partial charge in [0.25, 0.3) is 5.91 Å². The number of unbranched alkanes of at least 4 members (excludes halogenated alkanes) is 1. The Morgan fingerprint density at radius 1 is 1.23 bits per heavy atom. The van der Waals surface area contributed by atoms with E-state index in [1.807, 2.05) is 6.92 Å². The molecule has 124 valence electrons. The quantitative estimate of drug-likeness (QED) is 0.515. The molecule has 1 amide bonds. The van der Waals surface area contributed by atoms with Crippen LogP contribution in [0.5, 0.6) is 5.75 Å². The second kappa shape index (κ2) is 10.1. The van der Waals surface area contributed by atoms with E-state index in [1.165, 1.54) is 0 Å². The van der Waals surface area contributed by atoms with Crippen molar-refractivity contribution in [2.75, 3.05) is 38.5 Å². The average molecular weight is 307 g/mol. The number of nitrogens with two attached hydrogens (primary N) is 1. The molecule has 0 saturated heterocycles. The van der Waals surface area contributed by atoms with E-state index in [9.17, 15) is 4.79 Å². The number of nitrogens with zero attached hydrogens (tertiary/aromatic N) is 1. The monoisotopic (exact) mass is 307 g/mol. The molecule has 1 aromatic carbocycles. The molecule has 0 saturated carbocycles. The van der Waals surface area contributed by atoms with Gasteiger partial charge in [-0.05, 0) is 57.6 Å². The fourth-order valence-corrected chi connectivity index (χ4v) is 2.28. The lowest BCUT2D eigenvalue weighted by atomic mass is 10.1. The van der Waals surface area contributed by atoms with Crippen molar-refractivity contribution in [1.82, 2.24) is 10.2 Å². The standard InChI is InChI=1S/C17H29N3O2/c1-4-20(5-2)12-8-7-11-19-17(21)14-9-10-16(22-6-3)15(18)13-14/h9-10,13H,4-8,11-12,18H2,1-3H3,(H,19,21). The maximum atomic E-state index is 12.1. The number of rotatable bonds is 10. The molecule has 0 aliphatic carbocycles. The molecule has 0 aliphatic heterocycles. The third-order valence-electron chi connectivity index (χ3n) is 3.65. The van der Waals surface area contributed by atoms with Gasteiger partial charge in [0.1, 0.15) is 5.75 Å². The Morgan fingerprint density at radius 3 is 2.55 bits per heavy atom. The third-order valence-corrected chi connectivity index (χ3v) is 3.65. The van der Waals surface area contributed by atoms with Gasteiger partial charge in [-0.2, -0.15) is 0 Å². The van der Waals surface area contributed by atoms with Crippen molar-refractivity contribution in [1.29, 1.82) is 0 Å². The molecule has 5 heteroatoms. The first-order valence-corrected chi connectivity index (χ1v) is 8.15. The molecule has 5 nitrogen and oxygen atoms in total. The minimum absolute atomic E-state index is 0.0856. The summed E-state index contributed by atoms with van der Waals surface area (Å²) in [5.41, 5.74) is 6.95. The number of carbonyl (C=O) groups excluding carboxylic acids is 1. The van der Waals surface area contributed by atoms with E-state index in [4.69, 9.17) is 10.5 Å². The first-order chi connectivity index (χ1) is 10.6. The van der Waals surface area contributed by atoms with Crippen LogP contribution in [0.25, 0.3) is 0 Å². The third kappa shape index (κ3) is 5.93. The summed E-state index contributed by atoms with van der Waals surface area (Å²) in [6.45, 7) is 10.7. The summed E-state index contributed by atoms with van der Waals surface area (Å²) < 4.78 is 5.37. The maximum absolute atomic E-state index is 12.1. The number of ether oxygens (including phenoxy) is 1. The van der Waals surface area contributed by atoms with Crippen LogP contribution in [0.15, 0.2) is 18.2 Å². The number of hydrogen-bond donors (Lipinski definition) is 2. The van der Waals surface area contributed by atoms with Gasteiger partial charge in [-0.15, -0.1) is 0 Å². The van der Waals surface area contributed by atoms with Gasteiger partial charge in [-0.25, -0.2) is 0 Å². The van der Waals surface area contributed by atoms with Crippen molar-refractivity contribution in [3.63, 3.8) is 0 Å². The Labute approximate surface area is 133 Å². The highest BCUT2D eigenvalue weighted by molar-refractivity contribution is 5.95. The van der Waals surface area contributed by atoms with E-state index >= 15 is 0 Å². The van der Waals surface area contributed by atoms with Gasteiger partial charge in [0.05, 0.1) is 12.3 Å². The van der Waals surface area contributed by atoms with Crippen LogP contribution >= 0.6 is 0 Å². The molecule has 0 aliphatic rings. The summed E-state index contributed by atoms with van der Waals surface area (Å²) >= 11 is 0. The van der Waals surface area contributed by atoms with Gasteiger partial charge in [0.15, 0.2) is 0 Å². The van der Waals surface area contributed by atoms with Gasteiger partial charge in [0.2, 0.25) is 0 Å². The molecule has 1 aromatic rings.